The van der Waals surface area contributed by atoms with Gasteiger partial charge in [-0.15, -0.1) is 0 Å². The normalized spacial score (nSPS) is 9.26. The number of hydrogen-bond acceptors (Lipinski definition) is 3. The van der Waals surface area contributed by atoms with Crippen molar-refractivity contribution in [3.05, 3.63) is 79.3 Å². The van der Waals surface area contributed by atoms with Crippen LogP contribution in [0.4, 0.5) is 5.82 Å². The standard InChI is InChI=1S/C12H10.C4H5N3/c1-3-7-11(8-4-1)12-9-5-2-6-10-12;5-4-1-2-6-3-7-4/h1-10H;1-3H,(H2,5,6,7). The van der Waals surface area contributed by atoms with Crippen molar-refractivity contribution >= 4 is 5.82 Å². The molecule has 0 bridgehead atoms. The molecule has 2 N–H and O–H groups in total. The molecule has 0 aliphatic heterocycles. The quantitative estimate of drug-likeness (QED) is 0.719. The Hall–Kier alpha value is -2.68. The molecule has 0 radical (unpaired) electrons. The molecule has 0 aliphatic carbocycles. The van der Waals surface area contributed by atoms with Crippen LogP contribution in [0.1, 0.15) is 0 Å². The van der Waals surface area contributed by atoms with Crippen LogP contribution in [0.3, 0.4) is 0 Å². The average Bonchev–Trinajstić information content (AvgIpc) is 2.51. The molecule has 0 atom stereocenters. The molecule has 0 aliphatic rings. The van der Waals surface area contributed by atoms with E-state index in [0.717, 1.165) is 0 Å². The Kier molecular flexibility index (Phi) is 4.64. The zero-order valence-electron chi connectivity index (χ0n) is 10.5. The molecule has 0 unspecified atom stereocenters. The number of anilines is 1. The zero-order valence-corrected chi connectivity index (χ0v) is 10.5. The van der Waals surface area contributed by atoms with Gasteiger partial charge >= 0.3 is 0 Å². The second-order valence-corrected chi connectivity index (χ2v) is 3.87. The highest BCUT2D eigenvalue weighted by molar-refractivity contribution is 5.62. The third-order valence-electron chi connectivity index (χ3n) is 2.49. The average molecular weight is 249 g/mol. The largest absolute Gasteiger partial charge is 0.384 e. The maximum absolute atomic E-state index is 5.21. The predicted molar refractivity (Wildman–Crippen MR) is 78.3 cm³/mol. The molecular weight excluding hydrogens is 234 g/mol. The van der Waals surface area contributed by atoms with Crippen LogP contribution in [0.25, 0.3) is 11.1 Å². The van der Waals surface area contributed by atoms with E-state index in [1.165, 1.54) is 17.5 Å². The number of hydrogen-bond donors (Lipinski definition) is 1. The maximum Gasteiger partial charge on any atom is 0.126 e. The molecule has 19 heavy (non-hydrogen) atoms. The van der Waals surface area contributed by atoms with Gasteiger partial charge in [-0.3, -0.25) is 0 Å². The van der Waals surface area contributed by atoms with E-state index in [4.69, 9.17) is 5.73 Å². The number of nitrogens with two attached hydrogens (primary N) is 1. The Bertz CT molecular complexity index is 543. The molecule has 0 saturated heterocycles. The summed E-state index contributed by atoms with van der Waals surface area (Å²) in [5.74, 6) is 0.509. The van der Waals surface area contributed by atoms with Gasteiger partial charge in [0.1, 0.15) is 12.1 Å². The van der Waals surface area contributed by atoms with E-state index < -0.39 is 0 Å². The monoisotopic (exact) mass is 249 g/mol. The molecular formula is C16H15N3. The van der Waals surface area contributed by atoms with Crippen molar-refractivity contribution in [3.63, 3.8) is 0 Å². The lowest BCUT2D eigenvalue weighted by atomic mass is 10.1. The van der Waals surface area contributed by atoms with Crippen molar-refractivity contribution in [1.82, 2.24) is 9.97 Å². The highest BCUT2D eigenvalue weighted by Gasteiger charge is 1.91. The molecule has 1 heterocycles. The molecule has 3 heteroatoms. The molecule has 3 aromatic rings. The number of nitrogens with zero attached hydrogens (tertiary/aromatic N) is 2. The van der Waals surface area contributed by atoms with Gasteiger partial charge in [0.15, 0.2) is 0 Å². The summed E-state index contributed by atoms with van der Waals surface area (Å²) < 4.78 is 0. The molecule has 1 aromatic heterocycles. The Labute approximate surface area is 112 Å². The lowest BCUT2D eigenvalue weighted by Crippen LogP contribution is -1.87. The van der Waals surface area contributed by atoms with E-state index in [1.54, 1.807) is 12.3 Å². The summed E-state index contributed by atoms with van der Waals surface area (Å²) in [4.78, 5) is 7.30. The van der Waals surface area contributed by atoms with Crippen molar-refractivity contribution in [2.75, 3.05) is 5.73 Å². The molecule has 0 saturated carbocycles. The first-order valence-electron chi connectivity index (χ1n) is 5.98. The predicted octanol–water partition coefficient (Wildman–Crippen LogP) is 3.41. The Balaban J connectivity index is 0.000000163. The Morgan fingerprint density at radius 3 is 1.53 bits per heavy atom. The van der Waals surface area contributed by atoms with Gasteiger partial charge in [-0.2, -0.15) is 0 Å². The first-order chi connectivity index (χ1) is 9.36. The van der Waals surface area contributed by atoms with Gasteiger partial charge in [-0.25, -0.2) is 9.97 Å². The van der Waals surface area contributed by atoms with E-state index in [-0.39, 0.29) is 0 Å². The minimum Gasteiger partial charge on any atom is -0.384 e. The maximum atomic E-state index is 5.21. The van der Waals surface area contributed by atoms with Gasteiger partial charge in [0.05, 0.1) is 0 Å². The van der Waals surface area contributed by atoms with E-state index in [0.29, 0.717) is 5.82 Å². The van der Waals surface area contributed by atoms with Crippen molar-refractivity contribution < 1.29 is 0 Å². The summed E-state index contributed by atoms with van der Waals surface area (Å²) in [7, 11) is 0. The second-order valence-electron chi connectivity index (χ2n) is 3.87. The fourth-order valence-corrected chi connectivity index (χ4v) is 1.56. The summed E-state index contributed by atoms with van der Waals surface area (Å²) in [5.41, 5.74) is 7.76. The van der Waals surface area contributed by atoms with Gasteiger partial charge in [-0.05, 0) is 17.2 Å². The van der Waals surface area contributed by atoms with Crippen molar-refractivity contribution in [2.45, 2.75) is 0 Å². The number of benzene rings is 2. The van der Waals surface area contributed by atoms with E-state index >= 15 is 0 Å². The summed E-state index contributed by atoms with van der Waals surface area (Å²) in [6, 6.07) is 22.4. The van der Waals surface area contributed by atoms with Gasteiger partial charge in [0.25, 0.3) is 0 Å². The van der Waals surface area contributed by atoms with Crippen LogP contribution >= 0.6 is 0 Å². The smallest absolute Gasteiger partial charge is 0.126 e. The lowest BCUT2D eigenvalue weighted by molar-refractivity contribution is 1.18. The number of aromatic nitrogens is 2. The molecule has 2 aromatic carbocycles. The van der Waals surface area contributed by atoms with Crippen LogP contribution in [-0.4, -0.2) is 9.97 Å². The van der Waals surface area contributed by atoms with Crippen LogP contribution in [-0.2, 0) is 0 Å². The summed E-state index contributed by atoms with van der Waals surface area (Å²) >= 11 is 0. The third-order valence-corrected chi connectivity index (χ3v) is 2.49. The summed E-state index contributed by atoms with van der Waals surface area (Å²) in [6.07, 6.45) is 3.01. The first kappa shape index (κ1) is 12.8. The molecule has 3 nitrogen and oxygen atoms in total. The summed E-state index contributed by atoms with van der Waals surface area (Å²) in [6.45, 7) is 0. The molecule has 3 rings (SSSR count). The summed E-state index contributed by atoms with van der Waals surface area (Å²) in [5, 5.41) is 0. The van der Waals surface area contributed by atoms with Crippen molar-refractivity contribution in [2.24, 2.45) is 0 Å². The molecule has 0 fully saturated rings. The van der Waals surface area contributed by atoms with Crippen LogP contribution in [0.5, 0.6) is 0 Å². The van der Waals surface area contributed by atoms with Crippen LogP contribution in [0.2, 0.25) is 0 Å². The SMILES string of the molecule is Nc1ccncn1.c1ccc(-c2ccccc2)cc1. The van der Waals surface area contributed by atoms with Gasteiger partial charge in [0.2, 0.25) is 0 Å². The van der Waals surface area contributed by atoms with Gasteiger partial charge in [-0.1, -0.05) is 60.7 Å². The lowest BCUT2D eigenvalue weighted by Gasteiger charge is -1.98. The highest BCUT2D eigenvalue weighted by Crippen LogP contribution is 2.17. The van der Waals surface area contributed by atoms with Crippen molar-refractivity contribution in [3.8, 4) is 11.1 Å². The van der Waals surface area contributed by atoms with Crippen LogP contribution in [0.15, 0.2) is 79.3 Å². The molecule has 0 spiro atoms. The van der Waals surface area contributed by atoms with E-state index in [9.17, 15) is 0 Å². The third kappa shape index (κ3) is 4.24. The highest BCUT2D eigenvalue weighted by atomic mass is 14.9. The Morgan fingerprint density at radius 1 is 0.684 bits per heavy atom. The minimum atomic E-state index is 0.509. The first-order valence-corrected chi connectivity index (χ1v) is 5.98. The number of nitrogen functional groups attached to an aromatic ring is 1. The molecule has 0 amide bonds. The topological polar surface area (TPSA) is 51.8 Å². The van der Waals surface area contributed by atoms with Crippen molar-refractivity contribution in [1.29, 1.82) is 0 Å². The second kappa shape index (κ2) is 6.91. The zero-order chi connectivity index (χ0) is 13.3. The fraction of sp³-hybridized carbons (Fsp3) is 0. The van der Waals surface area contributed by atoms with E-state index in [2.05, 4.69) is 58.5 Å². The van der Waals surface area contributed by atoms with Gasteiger partial charge in [0, 0.05) is 6.20 Å². The van der Waals surface area contributed by atoms with Crippen LogP contribution < -0.4 is 5.73 Å². The van der Waals surface area contributed by atoms with Crippen LogP contribution in [0, 0.1) is 0 Å². The number of rotatable bonds is 1. The van der Waals surface area contributed by atoms with E-state index in [1.807, 2.05) is 12.1 Å². The van der Waals surface area contributed by atoms with Gasteiger partial charge < -0.3 is 5.73 Å². The fourth-order valence-electron chi connectivity index (χ4n) is 1.56. The molecule has 94 valence electrons. The minimum absolute atomic E-state index is 0.509. The Morgan fingerprint density at radius 2 is 1.21 bits per heavy atom.